The highest BCUT2D eigenvalue weighted by Gasteiger charge is 2.11. The Morgan fingerprint density at radius 3 is 3.00 bits per heavy atom. The third kappa shape index (κ3) is 2.65. The Morgan fingerprint density at radius 2 is 2.29 bits per heavy atom. The van der Waals surface area contributed by atoms with Gasteiger partial charge in [-0.05, 0) is 28.1 Å². The number of hydrogen-bond donors (Lipinski definition) is 2. The first-order valence-electron chi connectivity index (χ1n) is 4.90. The van der Waals surface area contributed by atoms with Crippen LogP contribution < -0.4 is 11.1 Å². The summed E-state index contributed by atoms with van der Waals surface area (Å²) >= 11 is 3.28. The minimum absolute atomic E-state index is 0.216. The predicted molar refractivity (Wildman–Crippen MR) is 66.2 cm³/mol. The van der Waals surface area contributed by atoms with Crippen molar-refractivity contribution in [3.63, 3.8) is 0 Å². The number of rotatable bonds is 3. The second-order valence-electron chi connectivity index (χ2n) is 3.38. The van der Waals surface area contributed by atoms with Gasteiger partial charge in [0.25, 0.3) is 5.91 Å². The van der Waals surface area contributed by atoms with E-state index in [9.17, 15) is 4.79 Å². The van der Waals surface area contributed by atoms with Crippen molar-refractivity contribution in [3.05, 3.63) is 46.3 Å². The number of carbonyl (C=O) groups excluding carboxylic acids is 1. The summed E-state index contributed by atoms with van der Waals surface area (Å²) < 4.78 is 5.26. The van der Waals surface area contributed by atoms with Crippen LogP contribution in [0.15, 0.2) is 39.5 Å². The Bertz CT molecular complexity index is 526. The molecule has 6 heteroatoms. The topological polar surface area (TPSA) is 81.2 Å². The van der Waals surface area contributed by atoms with Crippen LogP contribution in [0.25, 0.3) is 0 Å². The van der Waals surface area contributed by atoms with Crippen LogP contribution in [0.4, 0.5) is 5.69 Å². The number of carbonyl (C=O) groups is 1. The van der Waals surface area contributed by atoms with E-state index >= 15 is 0 Å². The van der Waals surface area contributed by atoms with E-state index in [-0.39, 0.29) is 5.91 Å². The maximum atomic E-state index is 11.9. The Hall–Kier alpha value is -1.82. The average Bonchev–Trinajstić information content (AvgIpc) is 2.82. The quantitative estimate of drug-likeness (QED) is 0.848. The third-order valence-electron chi connectivity index (χ3n) is 2.19. The molecule has 2 aromatic rings. The number of nitrogens with two attached hydrogens (primary N) is 1. The first-order valence-corrected chi connectivity index (χ1v) is 5.69. The molecular weight excluding hydrogens is 286 g/mol. The second kappa shape index (κ2) is 5.01. The summed E-state index contributed by atoms with van der Waals surface area (Å²) in [6.45, 7) is 0.316. The summed E-state index contributed by atoms with van der Waals surface area (Å²) in [7, 11) is 0. The smallest absolute Gasteiger partial charge is 0.252 e. The van der Waals surface area contributed by atoms with Gasteiger partial charge in [0.05, 0.1) is 16.6 Å². The molecule has 1 heterocycles. The van der Waals surface area contributed by atoms with E-state index in [1.165, 1.54) is 6.26 Å². The molecule has 1 aromatic carbocycles. The molecule has 5 nitrogen and oxygen atoms in total. The third-order valence-corrected chi connectivity index (χ3v) is 3.08. The summed E-state index contributed by atoms with van der Waals surface area (Å²) in [4.78, 5) is 11.9. The number of benzene rings is 1. The van der Waals surface area contributed by atoms with Gasteiger partial charge in [-0.25, -0.2) is 0 Å². The van der Waals surface area contributed by atoms with E-state index < -0.39 is 0 Å². The standard InChI is InChI=1S/C11H10BrN3O2/c12-10-8(2-1-3-9(10)13)11(16)14-6-7-4-5-17-15-7/h1-5H,6,13H2,(H,14,16). The fourth-order valence-electron chi connectivity index (χ4n) is 1.32. The molecule has 2 rings (SSSR count). The molecule has 0 radical (unpaired) electrons. The van der Waals surface area contributed by atoms with Crippen molar-refractivity contribution < 1.29 is 9.32 Å². The number of aromatic nitrogens is 1. The number of nitrogens with zero attached hydrogens (tertiary/aromatic N) is 1. The molecule has 0 saturated carbocycles. The van der Waals surface area contributed by atoms with Crippen molar-refractivity contribution in [1.82, 2.24) is 10.5 Å². The highest BCUT2D eigenvalue weighted by Crippen LogP contribution is 2.23. The largest absolute Gasteiger partial charge is 0.398 e. The molecule has 88 valence electrons. The molecule has 0 unspecified atom stereocenters. The van der Waals surface area contributed by atoms with Crippen LogP contribution in [-0.2, 0) is 6.54 Å². The summed E-state index contributed by atoms with van der Waals surface area (Å²) in [5.41, 5.74) is 7.38. The molecule has 0 aliphatic heterocycles. The Balaban J connectivity index is 2.07. The Kier molecular flexibility index (Phi) is 3.43. The summed E-state index contributed by atoms with van der Waals surface area (Å²) in [5, 5.41) is 6.42. The van der Waals surface area contributed by atoms with Crippen molar-refractivity contribution in [3.8, 4) is 0 Å². The first kappa shape index (κ1) is 11.7. The average molecular weight is 296 g/mol. The van der Waals surface area contributed by atoms with Gasteiger partial charge in [-0.15, -0.1) is 0 Å². The van der Waals surface area contributed by atoms with E-state index in [0.29, 0.717) is 28.0 Å². The van der Waals surface area contributed by atoms with Crippen LogP contribution >= 0.6 is 15.9 Å². The molecule has 0 saturated heterocycles. The monoisotopic (exact) mass is 295 g/mol. The van der Waals surface area contributed by atoms with Crippen molar-refractivity contribution in [2.75, 3.05) is 5.73 Å². The van der Waals surface area contributed by atoms with Gasteiger partial charge in [0.15, 0.2) is 0 Å². The van der Waals surface area contributed by atoms with Gasteiger partial charge in [0.2, 0.25) is 0 Å². The molecule has 1 aromatic heterocycles. The van der Waals surface area contributed by atoms with Crippen molar-refractivity contribution in [2.24, 2.45) is 0 Å². The maximum absolute atomic E-state index is 11.9. The van der Waals surface area contributed by atoms with Crippen LogP contribution in [0, 0.1) is 0 Å². The van der Waals surface area contributed by atoms with Gasteiger partial charge < -0.3 is 15.6 Å². The van der Waals surface area contributed by atoms with Gasteiger partial charge in [0, 0.05) is 11.8 Å². The number of nitrogen functional groups attached to an aromatic ring is 1. The SMILES string of the molecule is Nc1cccc(C(=O)NCc2ccon2)c1Br. The summed E-state index contributed by atoms with van der Waals surface area (Å²) in [6, 6.07) is 6.83. The zero-order valence-electron chi connectivity index (χ0n) is 8.81. The maximum Gasteiger partial charge on any atom is 0.252 e. The van der Waals surface area contributed by atoms with Crippen LogP contribution in [0.3, 0.4) is 0 Å². The van der Waals surface area contributed by atoms with E-state index in [1.54, 1.807) is 24.3 Å². The lowest BCUT2D eigenvalue weighted by molar-refractivity contribution is 0.0949. The van der Waals surface area contributed by atoms with Gasteiger partial charge in [0.1, 0.15) is 12.0 Å². The van der Waals surface area contributed by atoms with Gasteiger partial charge in [-0.3, -0.25) is 4.79 Å². The Labute approximate surface area is 106 Å². The fourth-order valence-corrected chi connectivity index (χ4v) is 1.76. The molecule has 0 spiro atoms. The number of amides is 1. The molecule has 3 N–H and O–H groups in total. The minimum Gasteiger partial charge on any atom is -0.398 e. The highest BCUT2D eigenvalue weighted by molar-refractivity contribution is 9.10. The number of hydrogen-bond acceptors (Lipinski definition) is 4. The highest BCUT2D eigenvalue weighted by atomic mass is 79.9. The number of nitrogens with one attached hydrogen (secondary N) is 1. The molecule has 17 heavy (non-hydrogen) atoms. The molecular formula is C11H10BrN3O2. The molecule has 0 fully saturated rings. The minimum atomic E-state index is -0.216. The van der Waals surface area contributed by atoms with Crippen LogP contribution in [0.2, 0.25) is 0 Å². The van der Waals surface area contributed by atoms with Crippen molar-refractivity contribution in [1.29, 1.82) is 0 Å². The zero-order valence-corrected chi connectivity index (χ0v) is 10.4. The number of halogens is 1. The lowest BCUT2D eigenvalue weighted by atomic mass is 10.2. The molecule has 1 amide bonds. The predicted octanol–water partition coefficient (Wildman–Crippen LogP) is 1.95. The normalized spacial score (nSPS) is 10.2. The second-order valence-corrected chi connectivity index (χ2v) is 4.18. The van der Waals surface area contributed by atoms with Crippen LogP contribution in [-0.4, -0.2) is 11.1 Å². The van der Waals surface area contributed by atoms with Crippen LogP contribution in [0.5, 0.6) is 0 Å². The van der Waals surface area contributed by atoms with Crippen molar-refractivity contribution >= 4 is 27.5 Å². The van der Waals surface area contributed by atoms with Crippen molar-refractivity contribution in [2.45, 2.75) is 6.54 Å². The van der Waals surface area contributed by atoms with E-state index in [1.807, 2.05) is 0 Å². The number of anilines is 1. The lowest BCUT2D eigenvalue weighted by Gasteiger charge is -2.06. The van der Waals surface area contributed by atoms with Gasteiger partial charge >= 0.3 is 0 Å². The van der Waals surface area contributed by atoms with E-state index in [2.05, 4.69) is 30.9 Å². The van der Waals surface area contributed by atoms with E-state index in [0.717, 1.165) is 0 Å². The zero-order chi connectivity index (χ0) is 12.3. The molecule has 0 bridgehead atoms. The van der Waals surface area contributed by atoms with Gasteiger partial charge in [-0.1, -0.05) is 11.2 Å². The summed E-state index contributed by atoms with van der Waals surface area (Å²) in [6.07, 6.45) is 1.46. The Morgan fingerprint density at radius 1 is 1.47 bits per heavy atom. The van der Waals surface area contributed by atoms with Gasteiger partial charge in [-0.2, -0.15) is 0 Å². The summed E-state index contributed by atoms with van der Waals surface area (Å²) in [5.74, 6) is -0.216. The molecule has 0 aliphatic rings. The van der Waals surface area contributed by atoms with E-state index in [4.69, 9.17) is 5.73 Å². The lowest BCUT2D eigenvalue weighted by Crippen LogP contribution is -2.23. The molecule has 0 aliphatic carbocycles. The molecule has 0 atom stereocenters. The van der Waals surface area contributed by atoms with Crippen LogP contribution in [0.1, 0.15) is 16.1 Å². The first-order chi connectivity index (χ1) is 8.18. The fraction of sp³-hybridized carbons (Fsp3) is 0.0909.